The van der Waals surface area contributed by atoms with Gasteiger partial charge in [0.15, 0.2) is 0 Å². The molecule has 0 saturated heterocycles. The summed E-state index contributed by atoms with van der Waals surface area (Å²) in [6, 6.07) is 0. The summed E-state index contributed by atoms with van der Waals surface area (Å²) in [5.41, 5.74) is 2.57. The van der Waals surface area contributed by atoms with E-state index in [2.05, 4.69) is 52.9 Å². The Bertz CT molecular complexity index is 429. The summed E-state index contributed by atoms with van der Waals surface area (Å²) in [6.45, 7) is 15.2. The maximum atomic E-state index is 11.2. The molecule has 0 saturated carbocycles. The van der Waals surface area contributed by atoms with E-state index in [4.69, 9.17) is 0 Å². The van der Waals surface area contributed by atoms with Gasteiger partial charge in [0.1, 0.15) is 7.24 Å². The summed E-state index contributed by atoms with van der Waals surface area (Å²) in [4.78, 5) is 1.21. The van der Waals surface area contributed by atoms with Gasteiger partial charge in [-0.3, -0.25) is 4.57 Å². The molecule has 4 heteroatoms. The SMILES string of the molecule is CC1=C(C(C)(C)C)C(C(C)(C)C)=NS1=[PH]=O. The van der Waals surface area contributed by atoms with Gasteiger partial charge in [0.2, 0.25) is 0 Å². The molecule has 0 bridgehead atoms. The molecule has 0 radical (unpaired) electrons. The zero-order valence-electron chi connectivity index (χ0n) is 11.3. The van der Waals surface area contributed by atoms with Crippen LogP contribution in [-0.2, 0) is 14.8 Å². The van der Waals surface area contributed by atoms with Crippen molar-refractivity contribution in [1.29, 1.82) is 0 Å². The zero-order chi connectivity index (χ0) is 12.7. The van der Waals surface area contributed by atoms with Crippen molar-refractivity contribution in [2.24, 2.45) is 15.2 Å². The second-order valence-electron chi connectivity index (χ2n) is 6.24. The van der Waals surface area contributed by atoms with Crippen molar-refractivity contribution in [2.75, 3.05) is 0 Å². The molecule has 2 nitrogen and oxygen atoms in total. The molecule has 2 unspecified atom stereocenters. The minimum atomic E-state index is -0.392. The molecule has 0 aromatic rings. The average molecular weight is 259 g/mol. The number of hydrogen-bond acceptors (Lipinski definition) is 1. The molecule has 1 aliphatic rings. The lowest BCUT2D eigenvalue weighted by Gasteiger charge is -2.29. The fourth-order valence-electron chi connectivity index (χ4n) is 1.95. The van der Waals surface area contributed by atoms with Crippen molar-refractivity contribution in [1.82, 2.24) is 0 Å². The Morgan fingerprint density at radius 1 is 1.06 bits per heavy atom. The summed E-state index contributed by atoms with van der Waals surface area (Å²) in [5, 5.41) is 0. The van der Waals surface area contributed by atoms with Gasteiger partial charge in [-0.15, -0.1) is 0 Å². The fraction of sp³-hybridized carbons (Fsp3) is 0.750. The highest BCUT2D eigenvalue weighted by Crippen LogP contribution is 2.41. The molecular formula is C12H22NOPS. The molecule has 2 atom stereocenters. The Morgan fingerprint density at radius 3 is 1.81 bits per heavy atom. The second-order valence-corrected chi connectivity index (χ2v) is 9.43. The lowest BCUT2D eigenvalue weighted by molar-refractivity contribution is 0.501. The molecule has 0 fully saturated rings. The third-order valence-electron chi connectivity index (χ3n) is 2.60. The van der Waals surface area contributed by atoms with Crippen LogP contribution in [0.5, 0.6) is 0 Å². The van der Waals surface area contributed by atoms with Gasteiger partial charge in [0, 0.05) is 20.6 Å². The maximum Gasteiger partial charge on any atom is 0.134 e. The van der Waals surface area contributed by atoms with Crippen LogP contribution in [0.1, 0.15) is 48.5 Å². The van der Waals surface area contributed by atoms with E-state index >= 15 is 0 Å². The molecule has 16 heavy (non-hydrogen) atoms. The zero-order valence-corrected chi connectivity index (χ0v) is 13.1. The maximum absolute atomic E-state index is 11.2. The highest BCUT2D eigenvalue weighted by molar-refractivity contribution is 8.19. The van der Waals surface area contributed by atoms with Gasteiger partial charge in [0.05, 0.1) is 5.71 Å². The van der Waals surface area contributed by atoms with E-state index in [1.807, 2.05) is 0 Å². The van der Waals surface area contributed by atoms with Crippen LogP contribution in [0.2, 0.25) is 0 Å². The fourth-order valence-corrected chi connectivity index (χ4v) is 4.46. The van der Waals surface area contributed by atoms with Crippen LogP contribution in [0.3, 0.4) is 0 Å². The first kappa shape index (κ1) is 13.9. The monoisotopic (exact) mass is 259 g/mol. The minimum absolute atomic E-state index is 0.0330. The van der Waals surface area contributed by atoms with Gasteiger partial charge >= 0.3 is 0 Å². The average Bonchev–Trinajstić information content (AvgIpc) is 2.40. The lowest BCUT2D eigenvalue weighted by atomic mass is 9.75. The lowest BCUT2D eigenvalue weighted by Crippen LogP contribution is -2.27. The van der Waals surface area contributed by atoms with Crippen molar-refractivity contribution in [2.45, 2.75) is 48.5 Å². The van der Waals surface area contributed by atoms with E-state index in [0.29, 0.717) is 0 Å². The first-order chi connectivity index (χ1) is 7.09. The summed E-state index contributed by atoms with van der Waals surface area (Å²) < 4.78 is 15.9. The van der Waals surface area contributed by atoms with Crippen LogP contribution >= 0.6 is 7.24 Å². The van der Waals surface area contributed by atoms with Gasteiger partial charge in [0.25, 0.3) is 0 Å². The molecular weight excluding hydrogens is 237 g/mol. The molecule has 1 heterocycles. The summed E-state index contributed by atoms with van der Waals surface area (Å²) in [7, 11) is -0.738. The standard InChI is InChI=1S/C12H22NOPS/c1-8-9(11(2,3)4)10(12(5,6)7)13-16(8)15-14/h15H,1-7H3. The third kappa shape index (κ3) is 2.57. The molecule has 92 valence electrons. The predicted octanol–water partition coefficient (Wildman–Crippen LogP) is 4.28. The van der Waals surface area contributed by atoms with E-state index in [0.717, 1.165) is 5.71 Å². The summed E-state index contributed by atoms with van der Waals surface area (Å²) >= 11 is 0. The van der Waals surface area contributed by atoms with Gasteiger partial charge in [-0.1, -0.05) is 41.5 Å². The Labute approximate surface area is 102 Å². The molecule has 0 amide bonds. The number of allylic oxidation sites excluding steroid dienone is 2. The van der Waals surface area contributed by atoms with Crippen LogP contribution in [-0.4, -0.2) is 5.71 Å². The number of rotatable bonds is 0. The van der Waals surface area contributed by atoms with Gasteiger partial charge < -0.3 is 0 Å². The molecule has 0 aliphatic carbocycles. The van der Waals surface area contributed by atoms with Crippen molar-refractivity contribution >= 4 is 23.2 Å². The quantitative estimate of drug-likeness (QED) is 0.597. The first-order valence-corrected chi connectivity index (χ1v) is 8.33. The molecule has 0 aromatic carbocycles. The third-order valence-corrected chi connectivity index (χ3v) is 5.57. The summed E-state index contributed by atoms with van der Waals surface area (Å²) in [5.74, 6) is 0. The Hall–Kier alpha value is -0.140. The van der Waals surface area contributed by atoms with Crippen LogP contribution in [0.25, 0.3) is 0 Å². The van der Waals surface area contributed by atoms with Crippen molar-refractivity contribution in [3.63, 3.8) is 0 Å². The molecule has 1 aliphatic heterocycles. The largest absolute Gasteiger partial charge is 0.277 e. The van der Waals surface area contributed by atoms with E-state index in [-0.39, 0.29) is 18.1 Å². The van der Waals surface area contributed by atoms with Gasteiger partial charge in [-0.25, -0.2) is 4.40 Å². The molecule has 0 N–H and O–H groups in total. The van der Waals surface area contributed by atoms with E-state index in [9.17, 15) is 4.57 Å². The first-order valence-electron chi connectivity index (χ1n) is 5.52. The highest BCUT2D eigenvalue weighted by Gasteiger charge is 2.35. The normalized spacial score (nSPS) is 22.9. The molecule has 0 aromatic heterocycles. The van der Waals surface area contributed by atoms with Crippen LogP contribution in [0.4, 0.5) is 0 Å². The van der Waals surface area contributed by atoms with Crippen molar-refractivity contribution in [3.8, 4) is 0 Å². The van der Waals surface area contributed by atoms with Crippen molar-refractivity contribution in [3.05, 3.63) is 10.5 Å². The Kier molecular flexibility index (Phi) is 3.71. The Morgan fingerprint density at radius 2 is 1.56 bits per heavy atom. The summed E-state index contributed by atoms with van der Waals surface area (Å²) in [6.07, 6.45) is 0. The van der Waals surface area contributed by atoms with E-state index < -0.39 is 10.3 Å². The number of hydrogen-bond donors (Lipinski definition) is 0. The minimum Gasteiger partial charge on any atom is -0.277 e. The van der Waals surface area contributed by atoms with E-state index in [1.54, 1.807) is 0 Å². The number of nitrogens with zero attached hydrogens (tertiary/aromatic N) is 1. The van der Waals surface area contributed by atoms with Crippen LogP contribution in [0, 0.1) is 10.8 Å². The molecule has 0 spiro atoms. The van der Waals surface area contributed by atoms with Crippen molar-refractivity contribution < 1.29 is 4.57 Å². The smallest absolute Gasteiger partial charge is 0.134 e. The topological polar surface area (TPSA) is 29.4 Å². The van der Waals surface area contributed by atoms with Crippen LogP contribution in [0.15, 0.2) is 14.9 Å². The van der Waals surface area contributed by atoms with E-state index in [1.165, 1.54) is 10.5 Å². The highest BCUT2D eigenvalue weighted by atomic mass is 32.5. The van der Waals surface area contributed by atoms with Crippen LogP contribution < -0.4 is 0 Å². The predicted molar refractivity (Wildman–Crippen MR) is 75.4 cm³/mol. The van der Waals surface area contributed by atoms with Gasteiger partial charge in [-0.05, 0) is 17.9 Å². The second kappa shape index (κ2) is 4.27. The van der Waals surface area contributed by atoms with Gasteiger partial charge in [-0.2, -0.15) is 0 Å². The Balaban J connectivity index is 3.48. The molecule has 1 rings (SSSR count).